The Labute approximate surface area is 107 Å². The highest BCUT2D eigenvalue weighted by molar-refractivity contribution is 5.85. The second kappa shape index (κ2) is 5.66. The van der Waals surface area contributed by atoms with Crippen molar-refractivity contribution in [2.45, 2.75) is 0 Å². The molecule has 0 saturated heterocycles. The molecule has 0 unspecified atom stereocenters. The minimum absolute atomic E-state index is 0.273. The lowest BCUT2D eigenvalue weighted by Crippen LogP contribution is -1.94. The van der Waals surface area contributed by atoms with Crippen molar-refractivity contribution in [2.24, 2.45) is 0 Å². The number of hydrogen-bond acceptors (Lipinski definition) is 2. The maximum absolute atomic E-state index is 5.36. The smallest absolute Gasteiger partial charge is 0.148 e. The lowest BCUT2D eigenvalue weighted by Gasteiger charge is -2.06. The number of hydrogen-bond donors (Lipinski definition) is 0. The fourth-order valence-electron chi connectivity index (χ4n) is 1.63. The Hall–Kier alpha value is -2.58. The van der Waals surface area contributed by atoms with E-state index in [0.717, 1.165) is 22.3 Å². The van der Waals surface area contributed by atoms with Crippen LogP contribution >= 0.6 is 0 Å². The van der Waals surface area contributed by atoms with Crippen LogP contribution in [0.3, 0.4) is 0 Å². The fraction of sp³-hybridized carbons (Fsp3) is 0.125. The molecule has 0 amide bonds. The summed E-state index contributed by atoms with van der Waals surface area (Å²) in [6.07, 6.45) is 10.3. The van der Waals surface area contributed by atoms with Crippen LogP contribution in [-0.4, -0.2) is 13.2 Å². The highest BCUT2D eigenvalue weighted by Crippen LogP contribution is 2.24. The standard InChI is InChI=1S/C16H12O2/c1-3-9-17-15-7-5-14-12-16(18-10-4-2)8-6-13(14)11-15/h1-2,5-8,11-12H,9-10H2. The van der Waals surface area contributed by atoms with Gasteiger partial charge in [-0.05, 0) is 35.0 Å². The van der Waals surface area contributed by atoms with Gasteiger partial charge >= 0.3 is 0 Å². The maximum atomic E-state index is 5.36. The molecule has 2 rings (SSSR count). The van der Waals surface area contributed by atoms with E-state index in [-0.39, 0.29) is 13.2 Å². The lowest BCUT2D eigenvalue weighted by molar-refractivity contribution is 0.370. The van der Waals surface area contributed by atoms with Crippen molar-refractivity contribution in [3.8, 4) is 36.2 Å². The van der Waals surface area contributed by atoms with Crippen LogP contribution in [-0.2, 0) is 0 Å². The van der Waals surface area contributed by atoms with Crippen LogP contribution in [0.25, 0.3) is 10.8 Å². The van der Waals surface area contributed by atoms with Crippen molar-refractivity contribution in [3.63, 3.8) is 0 Å². The van der Waals surface area contributed by atoms with Crippen LogP contribution in [0, 0.1) is 24.7 Å². The van der Waals surface area contributed by atoms with Crippen LogP contribution in [0.15, 0.2) is 36.4 Å². The van der Waals surface area contributed by atoms with Gasteiger partial charge in [-0.25, -0.2) is 0 Å². The summed E-state index contributed by atoms with van der Waals surface area (Å²) in [6.45, 7) is 0.545. The lowest BCUT2D eigenvalue weighted by atomic mass is 10.1. The van der Waals surface area contributed by atoms with E-state index in [2.05, 4.69) is 11.8 Å². The zero-order valence-corrected chi connectivity index (χ0v) is 9.85. The van der Waals surface area contributed by atoms with Gasteiger partial charge in [-0.1, -0.05) is 24.0 Å². The van der Waals surface area contributed by atoms with Crippen LogP contribution in [0.1, 0.15) is 0 Å². The van der Waals surface area contributed by atoms with Crippen molar-refractivity contribution in [1.82, 2.24) is 0 Å². The monoisotopic (exact) mass is 236 g/mol. The molecule has 2 nitrogen and oxygen atoms in total. The van der Waals surface area contributed by atoms with Gasteiger partial charge < -0.3 is 9.47 Å². The van der Waals surface area contributed by atoms with Gasteiger partial charge in [0, 0.05) is 0 Å². The molecule has 0 fully saturated rings. The van der Waals surface area contributed by atoms with Gasteiger partial charge in [-0.2, -0.15) is 0 Å². The normalized spacial score (nSPS) is 9.44. The Morgan fingerprint density at radius 2 is 1.22 bits per heavy atom. The molecular weight excluding hydrogens is 224 g/mol. The van der Waals surface area contributed by atoms with Crippen LogP contribution in [0.5, 0.6) is 11.5 Å². The molecule has 2 aromatic carbocycles. The van der Waals surface area contributed by atoms with E-state index in [1.165, 1.54) is 0 Å². The molecule has 18 heavy (non-hydrogen) atoms. The molecule has 2 aromatic rings. The third kappa shape index (κ3) is 2.75. The van der Waals surface area contributed by atoms with Gasteiger partial charge in [-0.15, -0.1) is 12.8 Å². The Bertz CT molecular complexity index is 572. The topological polar surface area (TPSA) is 18.5 Å². The van der Waals surface area contributed by atoms with E-state index in [9.17, 15) is 0 Å². The number of rotatable bonds is 4. The zero-order chi connectivity index (χ0) is 12.8. The quantitative estimate of drug-likeness (QED) is 0.760. The number of benzene rings is 2. The number of fused-ring (bicyclic) bond motifs is 1. The predicted octanol–water partition coefficient (Wildman–Crippen LogP) is 2.86. The van der Waals surface area contributed by atoms with Gasteiger partial charge in [0.1, 0.15) is 24.7 Å². The van der Waals surface area contributed by atoms with Crippen LogP contribution in [0.4, 0.5) is 0 Å². The van der Waals surface area contributed by atoms with Crippen molar-refractivity contribution in [1.29, 1.82) is 0 Å². The predicted molar refractivity (Wildman–Crippen MR) is 72.6 cm³/mol. The molecule has 0 N–H and O–H groups in total. The first-order valence-electron chi connectivity index (χ1n) is 5.50. The van der Waals surface area contributed by atoms with Crippen LogP contribution in [0.2, 0.25) is 0 Å². The van der Waals surface area contributed by atoms with Gasteiger partial charge in [0.05, 0.1) is 0 Å². The first kappa shape index (κ1) is 11.9. The van der Waals surface area contributed by atoms with Gasteiger partial charge in [0.25, 0.3) is 0 Å². The Morgan fingerprint density at radius 3 is 1.61 bits per heavy atom. The molecule has 0 aromatic heterocycles. The summed E-state index contributed by atoms with van der Waals surface area (Å²) in [5, 5.41) is 2.13. The second-order valence-corrected chi connectivity index (χ2v) is 3.66. The summed E-state index contributed by atoms with van der Waals surface area (Å²) < 4.78 is 10.7. The molecular formula is C16H12O2. The summed E-state index contributed by atoms with van der Waals surface area (Å²) in [6, 6.07) is 11.6. The Kier molecular flexibility index (Phi) is 3.74. The molecule has 0 spiro atoms. The van der Waals surface area contributed by atoms with E-state index in [1.54, 1.807) is 0 Å². The van der Waals surface area contributed by atoms with E-state index in [4.69, 9.17) is 22.3 Å². The van der Waals surface area contributed by atoms with Gasteiger partial charge in [0.2, 0.25) is 0 Å². The third-order valence-corrected chi connectivity index (χ3v) is 2.43. The van der Waals surface area contributed by atoms with E-state index < -0.39 is 0 Å². The fourth-order valence-corrected chi connectivity index (χ4v) is 1.63. The molecule has 0 aliphatic carbocycles. The Morgan fingerprint density at radius 1 is 0.778 bits per heavy atom. The largest absolute Gasteiger partial charge is 0.481 e. The van der Waals surface area contributed by atoms with E-state index in [0.29, 0.717) is 0 Å². The Balaban J connectivity index is 2.25. The van der Waals surface area contributed by atoms with Gasteiger partial charge in [0.15, 0.2) is 0 Å². The van der Waals surface area contributed by atoms with E-state index >= 15 is 0 Å². The summed E-state index contributed by atoms with van der Waals surface area (Å²) in [4.78, 5) is 0. The minimum atomic E-state index is 0.273. The molecule has 0 bridgehead atoms. The summed E-state index contributed by atoms with van der Waals surface area (Å²) in [5.74, 6) is 6.39. The number of ether oxygens (including phenoxy) is 2. The molecule has 0 atom stereocenters. The molecule has 0 saturated carbocycles. The average molecular weight is 236 g/mol. The highest BCUT2D eigenvalue weighted by atomic mass is 16.5. The maximum Gasteiger partial charge on any atom is 0.148 e. The van der Waals surface area contributed by atoms with Crippen molar-refractivity contribution >= 4 is 10.8 Å². The van der Waals surface area contributed by atoms with Gasteiger partial charge in [-0.3, -0.25) is 0 Å². The average Bonchev–Trinajstić information content (AvgIpc) is 2.42. The molecule has 2 heteroatoms. The zero-order valence-electron chi connectivity index (χ0n) is 9.85. The van der Waals surface area contributed by atoms with Crippen molar-refractivity contribution in [3.05, 3.63) is 36.4 Å². The summed E-state index contributed by atoms with van der Waals surface area (Å²) in [5.41, 5.74) is 0. The number of terminal acetylenes is 2. The minimum Gasteiger partial charge on any atom is -0.481 e. The highest BCUT2D eigenvalue weighted by Gasteiger charge is 1.99. The molecule has 88 valence electrons. The first-order valence-corrected chi connectivity index (χ1v) is 5.50. The first-order chi connectivity index (χ1) is 8.83. The second-order valence-electron chi connectivity index (χ2n) is 3.66. The SMILES string of the molecule is C#CCOc1ccc2cc(OCC#C)ccc2c1. The molecule has 0 radical (unpaired) electrons. The summed E-state index contributed by atoms with van der Waals surface area (Å²) in [7, 11) is 0. The van der Waals surface area contributed by atoms with Crippen molar-refractivity contribution < 1.29 is 9.47 Å². The molecule has 0 aliphatic heterocycles. The molecule has 0 aliphatic rings. The molecule has 0 heterocycles. The van der Waals surface area contributed by atoms with E-state index in [1.807, 2.05) is 36.4 Å². The third-order valence-electron chi connectivity index (χ3n) is 2.43. The van der Waals surface area contributed by atoms with Crippen LogP contribution < -0.4 is 9.47 Å². The summed E-state index contributed by atoms with van der Waals surface area (Å²) >= 11 is 0. The van der Waals surface area contributed by atoms with Crippen molar-refractivity contribution in [2.75, 3.05) is 13.2 Å².